The molecule has 188 valence electrons. The molecule has 5 rings (SSSR count). The summed E-state index contributed by atoms with van der Waals surface area (Å²) in [5.74, 6) is 0.700. The fraction of sp³-hybridized carbons (Fsp3) is 0.400. The van der Waals surface area contributed by atoms with Gasteiger partial charge < -0.3 is 20.9 Å². The highest BCUT2D eigenvalue weighted by Gasteiger charge is 2.37. The summed E-state index contributed by atoms with van der Waals surface area (Å²) in [5.41, 5.74) is 9.63. The number of hydrogen-bond acceptors (Lipinski definition) is 8. The molecular formula is C25H29ClN8OS. The lowest BCUT2D eigenvalue weighted by Crippen LogP contribution is -2.42. The smallest absolute Gasteiger partial charge is 0.226 e. The Morgan fingerprint density at radius 2 is 2.14 bits per heavy atom. The molecule has 11 heteroatoms. The number of aromatic nitrogens is 5. The van der Waals surface area contributed by atoms with Crippen molar-refractivity contribution in [3.8, 4) is 0 Å². The number of fused-ring (bicyclic) bond motifs is 2. The van der Waals surface area contributed by atoms with Gasteiger partial charge in [0.05, 0.1) is 27.4 Å². The van der Waals surface area contributed by atoms with Crippen LogP contribution < -0.4 is 16.0 Å². The number of H-pyrrole nitrogens is 1. The van der Waals surface area contributed by atoms with E-state index in [0.29, 0.717) is 47.2 Å². The first-order chi connectivity index (χ1) is 17.3. The number of pyridine rings is 2. The molecule has 4 N–H and O–H groups in total. The van der Waals surface area contributed by atoms with Gasteiger partial charge in [-0.25, -0.2) is 9.97 Å². The molecule has 4 aromatic rings. The minimum Gasteiger partial charge on any atom is -0.355 e. The van der Waals surface area contributed by atoms with Gasteiger partial charge in [-0.3, -0.25) is 14.8 Å². The molecule has 1 aliphatic heterocycles. The van der Waals surface area contributed by atoms with Crippen LogP contribution in [0.25, 0.3) is 22.1 Å². The molecule has 4 aromatic heterocycles. The van der Waals surface area contributed by atoms with E-state index in [9.17, 15) is 4.79 Å². The standard InChI is InChI=1S/C25H29ClN8OS/c1-4-17-21(26)20-22(31-17)32-25(36-14-8-19-18(29-10-14)6-5-7-28-19)33-23(20)34-11-15(16(27)12-34)24(35)30-9-13(2)3/h5-8,10,13,15-16H,4,9,11-12,27H2,1-3H3,(H,30,35)(H,31,32,33)/t15-,16+/m0/s1. The van der Waals surface area contributed by atoms with E-state index in [4.69, 9.17) is 27.3 Å². The van der Waals surface area contributed by atoms with Crippen molar-refractivity contribution in [3.05, 3.63) is 41.3 Å². The first kappa shape index (κ1) is 24.7. The Hall–Kier alpha value is -2.95. The van der Waals surface area contributed by atoms with Gasteiger partial charge in [-0.05, 0) is 42.3 Å². The fourth-order valence-corrected chi connectivity index (χ4v) is 5.51. The van der Waals surface area contributed by atoms with Crippen LogP contribution in [0, 0.1) is 11.8 Å². The topological polar surface area (TPSA) is 126 Å². The number of nitrogens with zero attached hydrogens (tertiary/aromatic N) is 5. The second-order valence-electron chi connectivity index (χ2n) is 9.45. The fourth-order valence-electron chi connectivity index (χ4n) is 4.40. The number of hydrogen-bond donors (Lipinski definition) is 3. The van der Waals surface area contributed by atoms with E-state index in [1.54, 1.807) is 12.4 Å². The van der Waals surface area contributed by atoms with Gasteiger partial charge in [0.2, 0.25) is 5.91 Å². The summed E-state index contributed by atoms with van der Waals surface area (Å²) in [6.07, 6.45) is 4.27. The Labute approximate surface area is 218 Å². The number of nitrogens with two attached hydrogens (primary N) is 1. The van der Waals surface area contributed by atoms with Gasteiger partial charge in [0, 0.05) is 48.7 Å². The van der Waals surface area contributed by atoms with Crippen LogP contribution in [0.1, 0.15) is 26.5 Å². The molecule has 0 saturated carbocycles. The maximum atomic E-state index is 12.8. The minimum atomic E-state index is -0.330. The van der Waals surface area contributed by atoms with Crippen molar-refractivity contribution in [1.82, 2.24) is 30.2 Å². The highest BCUT2D eigenvalue weighted by molar-refractivity contribution is 7.99. The summed E-state index contributed by atoms with van der Waals surface area (Å²) in [6, 6.07) is 5.45. The number of nitrogens with one attached hydrogen (secondary N) is 2. The largest absolute Gasteiger partial charge is 0.355 e. The molecule has 2 atom stereocenters. The van der Waals surface area contributed by atoms with Crippen molar-refractivity contribution in [1.29, 1.82) is 0 Å². The quantitative estimate of drug-likeness (QED) is 0.312. The summed E-state index contributed by atoms with van der Waals surface area (Å²) in [5, 5.41) is 4.94. The highest BCUT2D eigenvalue weighted by atomic mass is 35.5. The Morgan fingerprint density at radius 1 is 1.31 bits per heavy atom. The van der Waals surface area contributed by atoms with E-state index < -0.39 is 0 Å². The average molecular weight is 525 g/mol. The predicted molar refractivity (Wildman–Crippen MR) is 143 cm³/mol. The van der Waals surface area contributed by atoms with E-state index in [2.05, 4.69) is 39.0 Å². The third-order valence-electron chi connectivity index (χ3n) is 6.30. The van der Waals surface area contributed by atoms with Crippen LogP contribution in [0.2, 0.25) is 5.02 Å². The summed E-state index contributed by atoms with van der Waals surface area (Å²) in [6.45, 7) is 7.76. The zero-order valence-corrected chi connectivity index (χ0v) is 22.0. The van der Waals surface area contributed by atoms with Crippen molar-refractivity contribution in [2.75, 3.05) is 24.5 Å². The molecule has 0 radical (unpaired) electrons. The lowest BCUT2D eigenvalue weighted by atomic mass is 10.0. The van der Waals surface area contributed by atoms with E-state index in [1.165, 1.54) is 11.8 Å². The highest BCUT2D eigenvalue weighted by Crippen LogP contribution is 2.38. The number of carbonyl (C=O) groups excluding carboxylic acids is 1. The molecule has 0 spiro atoms. The first-order valence-electron chi connectivity index (χ1n) is 12.1. The number of anilines is 1. The third-order valence-corrected chi connectivity index (χ3v) is 7.54. The van der Waals surface area contributed by atoms with Gasteiger partial charge in [0.15, 0.2) is 5.16 Å². The molecule has 0 aliphatic carbocycles. The lowest BCUT2D eigenvalue weighted by molar-refractivity contribution is -0.124. The molecule has 1 saturated heterocycles. The van der Waals surface area contributed by atoms with E-state index in [-0.39, 0.29) is 17.9 Å². The van der Waals surface area contributed by atoms with Crippen molar-refractivity contribution >= 4 is 57.2 Å². The predicted octanol–water partition coefficient (Wildman–Crippen LogP) is 3.80. The monoisotopic (exact) mass is 524 g/mol. The van der Waals surface area contributed by atoms with Crippen molar-refractivity contribution in [2.45, 2.75) is 43.3 Å². The molecule has 9 nitrogen and oxygen atoms in total. The van der Waals surface area contributed by atoms with Crippen molar-refractivity contribution in [3.63, 3.8) is 0 Å². The van der Waals surface area contributed by atoms with Crippen LogP contribution in [-0.4, -0.2) is 56.5 Å². The van der Waals surface area contributed by atoms with Crippen LogP contribution >= 0.6 is 23.4 Å². The van der Waals surface area contributed by atoms with Crippen LogP contribution in [0.3, 0.4) is 0 Å². The molecule has 0 bridgehead atoms. The summed E-state index contributed by atoms with van der Waals surface area (Å²) in [7, 11) is 0. The van der Waals surface area contributed by atoms with Crippen molar-refractivity contribution in [2.24, 2.45) is 17.6 Å². The second kappa shape index (κ2) is 10.2. The molecule has 5 heterocycles. The number of rotatable bonds is 7. The Bertz CT molecular complexity index is 1420. The molecule has 1 fully saturated rings. The Balaban J connectivity index is 1.50. The molecule has 36 heavy (non-hydrogen) atoms. The van der Waals surface area contributed by atoms with Crippen LogP contribution in [0.15, 0.2) is 40.6 Å². The van der Waals surface area contributed by atoms with Crippen LogP contribution in [0.5, 0.6) is 0 Å². The van der Waals surface area contributed by atoms with Gasteiger partial charge in [-0.2, -0.15) is 0 Å². The summed E-state index contributed by atoms with van der Waals surface area (Å²) < 4.78 is 0. The zero-order chi connectivity index (χ0) is 25.4. The minimum absolute atomic E-state index is 0.0252. The number of amides is 1. The number of aryl methyl sites for hydroxylation is 1. The van der Waals surface area contributed by atoms with E-state index in [1.807, 2.05) is 25.1 Å². The maximum Gasteiger partial charge on any atom is 0.226 e. The molecule has 1 aliphatic rings. The van der Waals surface area contributed by atoms with Gasteiger partial charge in [-0.15, -0.1) is 0 Å². The number of carbonyl (C=O) groups is 1. The van der Waals surface area contributed by atoms with Crippen molar-refractivity contribution < 1.29 is 4.79 Å². The lowest BCUT2D eigenvalue weighted by Gasteiger charge is -2.19. The van der Waals surface area contributed by atoms with Crippen LogP contribution in [-0.2, 0) is 11.2 Å². The molecule has 1 amide bonds. The van der Waals surface area contributed by atoms with Gasteiger partial charge >= 0.3 is 0 Å². The molecule has 0 aromatic carbocycles. The van der Waals surface area contributed by atoms with Gasteiger partial charge in [-0.1, -0.05) is 32.4 Å². The maximum absolute atomic E-state index is 12.8. The Kier molecular flexibility index (Phi) is 7.00. The zero-order valence-electron chi connectivity index (χ0n) is 20.5. The Morgan fingerprint density at radius 3 is 2.92 bits per heavy atom. The van der Waals surface area contributed by atoms with E-state index in [0.717, 1.165) is 33.4 Å². The summed E-state index contributed by atoms with van der Waals surface area (Å²) in [4.78, 5) is 37.7. The van der Waals surface area contributed by atoms with Gasteiger partial charge in [0.1, 0.15) is 11.5 Å². The molecular weight excluding hydrogens is 496 g/mol. The third kappa shape index (κ3) is 4.85. The molecule has 0 unspecified atom stereocenters. The van der Waals surface area contributed by atoms with E-state index >= 15 is 0 Å². The number of aromatic amines is 1. The average Bonchev–Trinajstić information content (AvgIpc) is 3.41. The van der Waals surface area contributed by atoms with Crippen LogP contribution in [0.4, 0.5) is 5.82 Å². The summed E-state index contributed by atoms with van der Waals surface area (Å²) >= 11 is 8.17. The normalized spacial score (nSPS) is 18.0. The first-order valence-corrected chi connectivity index (χ1v) is 13.3. The number of halogens is 1. The second-order valence-corrected chi connectivity index (χ2v) is 10.9. The SMILES string of the molecule is CCc1[nH]c2nc(Sc3cnc4cccnc4c3)nc(N3C[C@@H](N)[C@@H](C(=O)NCC(C)C)C3)c2c1Cl. The van der Waals surface area contributed by atoms with Gasteiger partial charge in [0.25, 0.3) is 0 Å².